The predicted octanol–water partition coefficient (Wildman–Crippen LogP) is 2.50. The summed E-state index contributed by atoms with van der Waals surface area (Å²) >= 11 is 3.42. The van der Waals surface area contributed by atoms with Crippen molar-refractivity contribution in [3.63, 3.8) is 0 Å². The van der Waals surface area contributed by atoms with Gasteiger partial charge < -0.3 is 9.67 Å². The molecule has 2 aromatic rings. The summed E-state index contributed by atoms with van der Waals surface area (Å²) in [6, 6.07) is 8.23. The molecule has 0 spiro atoms. The van der Waals surface area contributed by atoms with E-state index in [1.807, 2.05) is 22.9 Å². The smallest absolute Gasteiger partial charge is 0.0946 e. The zero-order valence-electron chi connectivity index (χ0n) is 9.46. The monoisotopic (exact) mass is 294 g/mol. The second-order valence-corrected chi connectivity index (χ2v) is 5.05. The Morgan fingerprint density at radius 3 is 2.65 bits per heavy atom. The summed E-state index contributed by atoms with van der Waals surface area (Å²) in [6.07, 6.45) is 6.34. The Hall–Kier alpha value is -1.13. The Bertz CT molecular complexity index is 439. The van der Waals surface area contributed by atoms with Crippen LogP contribution in [0.4, 0.5) is 0 Å². The first kappa shape index (κ1) is 12.3. The van der Waals surface area contributed by atoms with E-state index in [0.29, 0.717) is 0 Å². The van der Waals surface area contributed by atoms with Gasteiger partial charge in [-0.1, -0.05) is 28.1 Å². The zero-order valence-corrected chi connectivity index (χ0v) is 11.0. The molecule has 0 aliphatic heterocycles. The summed E-state index contributed by atoms with van der Waals surface area (Å²) in [5.74, 6) is 0.227. The van der Waals surface area contributed by atoms with Crippen molar-refractivity contribution in [2.45, 2.75) is 13.0 Å². The zero-order chi connectivity index (χ0) is 12.1. The molecule has 0 aliphatic carbocycles. The van der Waals surface area contributed by atoms with E-state index in [0.717, 1.165) is 17.4 Å². The molecule has 1 N–H and O–H groups in total. The summed E-state index contributed by atoms with van der Waals surface area (Å²) < 4.78 is 3.08. The molecule has 1 aromatic heterocycles. The Morgan fingerprint density at radius 1 is 1.29 bits per heavy atom. The molecule has 2 rings (SSSR count). The number of aliphatic hydroxyl groups excluding tert-OH is 1. The third-order valence-corrected chi connectivity index (χ3v) is 3.25. The number of aliphatic hydroxyl groups is 1. The van der Waals surface area contributed by atoms with E-state index in [1.54, 1.807) is 12.5 Å². The molecule has 1 heterocycles. The molecule has 0 fully saturated rings. The van der Waals surface area contributed by atoms with Crippen molar-refractivity contribution in [2.24, 2.45) is 5.92 Å². The lowest BCUT2D eigenvalue weighted by Gasteiger charge is -2.14. The molecule has 1 atom stereocenters. The fourth-order valence-electron chi connectivity index (χ4n) is 1.83. The molecule has 0 amide bonds. The Labute approximate surface area is 109 Å². The molecule has 0 saturated heterocycles. The van der Waals surface area contributed by atoms with Crippen LogP contribution in [0.3, 0.4) is 0 Å². The van der Waals surface area contributed by atoms with Crippen LogP contribution in [0, 0.1) is 5.92 Å². The van der Waals surface area contributed by atoms with E-state index in [-0.39, 0.29) is 12.5 Å². The van der Waals surface area contributed by atoms with Crippen LogP contribution >= 0.6 is 15.9 Å². The van der Waals surface area contributed by atoms with Crippen molar-refractivity contribution in [1.82, 2.24) is 9.55 Å². The van der Waals surface area contributed by atoms with Crippen LogP contribution in [-0.4, -0.2) is 21.3 Å². The number of rotatable bonds is 5. The Balaban J connectivity index is 1.97. The van der Waals surface area contributed by atoms with E-state index in [2.05, 4.69) is 33.0 Å². The van der Waals surface area contributed by atoms with Gasteiger partial charge in [-0.2, -0.15) is 0 Å². The largest absolute Gasteiger partial charge is 0.396 e. The standard InChI is InChI=1S/C13H15BrN2O/c14-13-3-1-11(2-4-13)7-12(9-17)8-16-6-5-15-10-16/h1-6,10,12,17H,7-9H2. The average Bonchev–Trinajstić information content (AvgIpc) is 2.84. The van der Waals surface area contributed by atoms with Crippen LogP contribution in [0.5, 0.6) is 0 Å². The van der Waals surface area contributed by atoms with Crippen molar-refractivity contribution >= 4 is 15.9 Å². The number of hydrogen-bond acceptors (Lipinski definition) is 2. The van der Waals surface area contributed by atoms with Gasteiger partial charge in [0.25, 0.3) is 0 Å². The van der Waals surface area contributed by atoms with Gasteiger partial charge in [0, 0.05) is 35.9 Å². The van der Waals surface area contributed by atoms with E-state index < -0.39 is 0 Å². The second-order valence-electron chi connectivity index (χ2n) is 4.14. The fraction of sp³-hybridized carbons (Fsp3) is 0.308. The second kappa shape index (κ2) is 5.98. The third kappa shape index (κ3) is 3.68. The number of nitrogens with zero attached hydrogens (tertiary/aromatic N) is 2. The highest BCUT2D eigenvalue weighted by molar-refractivity contribution is 9.10. The number of hydrogen-bond donors (Lipinski definition) is 1. The first-order valence-electron chi connectivity index (χ1n) is 5.59. The number of aromatic nitrogens is 2. The van der Waals surface area contributed by atoms with E-state index in [1.165, 1.54) is 5.56 Å². The average molecular weight is 295 g/mol. The van der Waals surface area contributed by atoms with Crippen LogP contribution in [-0.2, 0) is 13.0 Å². The maximum Gasteiger partial charge on any atom is 0.0946 e. The van der Waals surface area contributed by atoms with Gasteiger partial charge in [0.05, 0.1) is 6.33 Å². The summed E-state index contributed by atoms with van der Waals surface area (Å²) in [6.45, 7) is 0.987. The van der Waals surface area contributed by atoms with Gasteiger partial charge in [-0.25, -0.2) is 4.98 Å². The molecule has 1 unspecified atom stereocenters. The number of imidazole rings is 1. The minimum absolute atomic E-state index is 0.189. The number of halogens is 1. The van der Waals surface area contributed by atoms with Crippen LogP contribution < -0.4 is 0 Å². The van der Waals surface area contributed by atoms with Gasteiger partial charge >= 0.3 is 0 Å². The van der Waals surface area contributed by atoms with Gasteiger partial charge in [0.15, 0.2) is 0 Å². The lowest BCUT2D eigenvalue weighted by molar-refractivity contribution is 0.210. The molecule has 0 radical (unpaired) electrons. The van der Waals surface area contributed by atoms with Crippen molar-refractivity contribution in [3.8, 4) is 0 Å². The first-order chi connectivity index (χ1) is 8.28. The Kier molecular flexibility index (Phi) is 4.34. The molecule has 17 heavy (non-hydrogen) atoms. The minimum Gasteiger partial charge on any atom is -0.396 e. The molecule has 0 aliphatic rings. The van der Waals surface area contributed by atoms with Crippen molar-refractivity contribution < 1.29 is 5.11 Å². The molecule has 3 nitrogen and oxygen atoms in total. The summed E-state index contributed by atoms with van der Waals surface area (Å²) in [7, 11) is 0. The quantitative estimate of drug-likeness (QED) is 0.920. The van der Waals surface area contributed by atoms with Crippen molar-refractivity contribution in [1.29, 1.82) is 0 Å². The highest BCUT2D eigenvalue weighted by Crippen LogP contribution is 2.15. The van der Waals surface area contributed by atoms with Gasteiger partial charge in [-0.3, -0.25) is 0 Å². The topological polar surface area (TPSA) is 38.0 Å². The highest BCUT2D eigenvalue weighted by atomic mass is 79.9. The van der Waals surface area contributed by atoms with E-state index in [4.69, 9.17) is 0 Å². The Morgan fingerprint density at radius 2 is 2.06 bits per heavy atom. The molecule has 90 valence electrons. The van der Waals surface area contributed by atoms with Crippen LogP contribution in [0.1, 0.15) is 5.56 Å². The fourth-order valence-corrected chi connectivity index (χ4v) is 2.10. The van der Waals surface area contributed by atoms with Crippen LogP contribution in [0.15, 0.2) is 47.5 Å². The summed E-state index contributed by atoms with van der Waals surface area (Å²) in [5, 5.41) is 9.40. The lowest BCUT2D eigenvalue weighted by Crippen LogP contribution is -2.16. The maximum absolute atomic E-state index is 9.40. The lowest BCUT2D eigenvalue weighted by atomic mass is 10.00. The van der Waals surface area contributed by atoms with E-state index in [9.17, 15) is 5.11 Å². The molecular weight excluding hydrogens is 280 g/mol. The third-order valence-electron chi connectivity index (χ3n) is 2.72. The van der Waals surface area contributed by atoms with Crippen molar-refractivity contribution in [3.05, 3.63) is 53.0 Å². The van der Waals surface area contributed by atoms with Gasteiger partial charge in [0.1, 0.15) is 0 Å². The maximum atomic E-state index is 9.40. The highest BCUT2D eigenvalue weighted by Gasteiger charge is 2.09. The minimum atomic E-state index is 0.189. The van der Waals surface area contributed by atoms with Crippen molar-refractivity contribution in [2.75, 3.05) is 6.61 Å². The van der Waals surface area contributed by atoms with E-state index >= 15 is 0 Å². The SMILES string of the molecule is OCC(Cc1ccc(Br)cc1)Cn1ccnc1. The molecule has 1 aromatic carbocycles. The van der Waals surface area contributed by atoms with Crippen LogP contribution in [0.2, 0.25) is 0 Å². The summed E-state index contributed by atoms with van der Waals surface area (Å²) in [5.41, 5.74) is 1.24. The normalized spacial score (nSPS) is 12.6. The first-order valence-corrected chi connectivity index (χ1v) is 6.38. The van der Waals surface area contributed by atoms with Crippen LogP contribution in [0.25, 0.3) is 0 Å². The molecule has 0 saturated carbocycles. The molecular formula is C13H15BrN2O. The van der Waals surface area contributed by atoms with Gasteiger partial charge in [-0.05, 0) is 24.1 Å². The molecule has 0 bridgehead atoms. The number of benzene rings is 1. The summed E-state index contributed by atoms with van der Waals surface area (Å²) in [4.78, 5) is 4.00. The molecule has 4 heteroatoms. The van der Waals surface area contributed by atoms with Gasteiger partial charge in [-0.15, -0.1) is 0 Å². The van der Waals surface area contributed by atoms with Gasteiger partial charge in [0.2, 0.25) is 0 Å². The predicted molar refractivity (Wildman–Crippen MR) is 70.6 cm³/mol.